The van der Waals surface area contributed by atoms with Crippen LogP contribution < -0.4 is 21.1 Å². The van der Waals surface area contributed by atoms with E-state index in [-0.39, 0.29) is 23.3 Å². The standard InChI is InChI=1S/C24H27F4N5O2/c1-13-11-33(12-14(2)32(13)3)21-8-19(25)16(15-4-5-29-9-15)6-20(21)31-23(35)17-10-30-22(34)7-18(17)24(26,27)28/h4,6-8,10,13-14,29H,5,9,11-12H2,1-3H3,(H,30,34)(H,31,35)/t13-,14+. The lowest BCUT2D eigenvalue weighted by Gasteiger charge is -2.44. The van der Waals surface area contributed by atoms with Gasteiger partial charge in [0.2, 0.25) is 5.56 Å². The number of piperazine rings is 1. The number of halogens is 4. The highest BCUT2D eigenvalue weighted by molar-refractivity contribution is 6.07. The zero-order valence-electron chi connectivity index (χ0n) is 19.6. The summed E-state index contributed by atoms with van der Waals surface area (Å²) in [6.07, 6.45) is -2.33. The third-order valence-electron chi connectivity index (χ3n) is 6.66. The molecule has 1 saturated heterocycles. The summed E-state index contributed by atoms with van der Waals surface area (Å²) in [6, 6.07) is 3.40. The van der Waals surface area contributed by atoms with Crippen molar-refractivity contribution in [3.05, 3.63) is 63.3 Å². The van der Waals surface area contributed by atoms with Crippen molar-refractivity contribution in [3.8, 4) is 0 Å². The third-order valence-corrected chi connectivity index (χ3v) is 6.66. The summed E-state index contributed by atoms with van der Waals surface area (Å²) in [7, 11) is 1.99. The maximum atomic E-state index is 15.2. The minimum Gasteiger partial charge on any atom is -0.367 e. The van der Waals surface area contributed by atoms with Gasteiger partial charge in [-0.1, -0.05) is 6.08 Å². The van der Waals surface area contributed by atoms with Gasteiger partial charge in [-0.2, -0.15) is 13.2 Å². The highest BCUT2D eigenvalue weighted by atomic mass is 19.4. The van der Waals surface area contributed by atoms with E-state index in [1.807, 2.05) is 31.9 Å². The number of amides is 1. The first-order chi connectivity index (χ1) is 16.5. The number of carbonyl (C=O) groups excluding carboxylic acids is 1. The average molecular weight is 494 g/mol. The molecule has 4 rings (SSSR count). The first kappa shape index (κ1) is 24.9. The summed E-state index contributed by atoms with van der Waals surface area (Å²) in [6.45, 7) is 6.13. The van der Waals surface area contributed by atoms with Gasteiger partial charge in [0.05, 0.1) is 22.5 Å². The molecular formula is C24H27F4N5O2. The molecule has 35 heavy (non-hydrogen) atoms. The van der Waals surface area contributed by atoms with E-state index in [0.29, 0.717) is 43.5 Å². The van der Waals surface area contributed by atoms with Crippen molar-refractivity contribution in [2.75, 3.05) is 43.4 Å². The van der Waals surface area contributed by atoms with Gasteiger partial charge >= 0.3 is 6.18 Å². The van der Waals surface area contributed by atoms with Crippen molar-refractivity contribution >= 4 is 22.9 Å². The van der Waals surface area contributed by atoms with Crippen LogP contribution in [0.3, 0.4) is 0 Å². The number of nitrogens with one attached hydrogen (secondary N) is 3. The molecular weight excluding hydrogens is 466 g/mol. The van der Waals surface area contributed by atoms with Gasteiger partial charge < -0.3 is 20.5 Å². The molecule has 0 aliphatic carbocycles. The molecule has 188 valence electrons. The molecule has 2 aromatic rings. The molecule has 0 radical (unpaired) electrons. The van der Waals surface area contributed by atoms with Crippen molar-refractivity contribution in [1.29, 1.82) is 0 Å². The van der Waals surface area contributed by atoms with E-state index in [0.717, 1.165) is 6.20 Å². The Bertz CT molecular complexity index is 1210. The Kier molecular flexibility index (Phi) is 6.74. The predicted molar refractivity (Wildman–Crippen MR) is 126 cm³/mol. The number of rotatable bonds is 4. The zero-order chi connectivity index (χ0) is 25.5. The van der Waals surface area contributed by atoms with E-state index >= 15 is 4.39 Å². The van der Waals surface area contributed by atoms with Crippen LogP contribution in [0.5, 0.6) is 0 Å². The maximum absolute atomic E-state index is 15.2. The largest absolute Gasteiger partial charge is 0.417 e. The number of H-pyrrole nitrogens is 1. The molecule has 3 heterocycles. The Hall–Kier alpha value is -3.18. The normalized spacial score (nSPS) is 21.2. The Morgan fingerprint density at radius 2 is 1.83 bits per heavy atom. The maximum Gasteiger partial charge on any atom is 0.417 e. The molecule has 1 aromatic carbocycles. The molecule has 1 amide bonds. The Labute approximate surface area is 199 Å². The third kappa shape index (κ3) is 5.10. The summed E-state index contributed by atoms with van der Waals surface area (Å²) >= 11 is 0. The van der Waals surface area contributed by atoms with Gasteiger partial charge in [0.25, 0.3) is 5.91 Å². The van der Waals surface area contributed by atoms with E-state index in [2.05, 4.69) is 20.5 Å². The summed E-state index contributed by atoms with van der Waals surface area (Å²) in [5.41, 5.74) is -1.49. The van der Waals surface area contributed by atoms with Gasteiger partial charge in [-0.05, 0) is 38.6 Å². The lowest BCUT2D eigenvalue weighted by atomic mass is 10.0. The van der Waals surface area contributed by atoms with E-state index < -0.39 is 34.6 Å². The number of benzene rings is 1. The smallest absolute Gasteiger partial charge is 0.367 e. The first-order valence-corrected chi connectivity index (χ1v) is 11.3. The van der Waals surface area contributed by atoms with Crippen molar-refractivity contribution < 1.29 is 22.4 Å². The van der Waals surface area contributed by atoms with Crippen LogP contribution >= 0.6 is 0 Å². The van der Waals surface area contributed by atoms with Crippen LogP contribution in [-0.4, -0.2) is 61.1 Å². The Morgan fingerprint density at radius 3 is 2.43 bits per heavy atom. The fourth-order valence-corrected chi connectivity index (χ4v) is 4.53. The molecule has 0 bridgehead atoms. The summed E-state index contributed by atoms with van der Waals surface area (Å²) in [5, 5.41) is 5.64. The summed E-state index contributed by atoms with van der Waals surface area (Å²) in [5.74, 6) is -1.53. The number of pyridine rings is 1. The molecule has 2 aliphatic rings. The molecule has 0 saturated carbocycles. The number of alkyl halides is 3. The van der Waals surface area contributed by atoms with E-state index in [1.54, 1.807) is 0 Å². The van der Waals surface area contributed by atoms with Gasteiger partial charge in [-0.15, -0.1) is 0 Å². The van der Waals surface area contributed by atoms with Crippen LogP contribution in [-0.2, 0) is 6.18 Å². The zero-order valence-corrected chi connectivity index (χ0v) is 19.6. The second kappa shape index (κ2) is 9.46. The van der Waals surface area contributed by atoms with E-state index in [9.17, 15) is 22.8 Å². The monoisotopic (exact) mass is 493 g/mol. The van der Waals surface area contributed by atoms with Crippen LogP contribution in [0.1, 0.15) is 35.3 Å². The highest BCUT2D eigenvalue weighted by Crippen LogP contribution is 2.36. The molecule has 7 nitrogen and oxygen atoms in total. The van der Waals surface area contributed by atoms with Crippen LogP contribution in [0.15, 0.2) is 35.3 Å². The number of aromatic amines is 1. The predicted octanol–water partition coefficient (Wildman–Crippen LogP) is 3.30. The molecule has 2 atom stereocenters. The summed E-state index contributed by atoms with van der Waals surface area (Å²) < 4.78 is 55.8. The number of hydrogen-bond donors (Lipinski definition) is 3. The lowest BCUT2D eigenvalue weighted by Crippen LogP contribution is -2.55. The molecule has 0 unspecified atom stereocenters. The van der Waals surface area contributed by atoms with Gasteiger partial charge in [-0.3, -0.25) is 14.5 Å². The topological polar surface area (TPSA) is 80.5 Å². The Morgan fingerprint density at radius 1 is 1.14 bits per heavy atom. The van der Waals surface area contributed by atoms with Crippen LogP contribution in [0.4, 0.5) is 28.9 Å². The van der Waals surface area contributed by atoms with Crippen LogP contribution in [0.2, 0.25) is 0 Å². The quantitative estimate of drug-likeness (QED) is 0.570. The highest BCUT2D eigenvalue weighted by Gasteiger charge is 2.36. The number of likely N-dealkylation sites (N-methyl/N-ethyl adjacent to an activating group) is 1. The minimum absolute atomic E-state index is 0.128. The van der Waals surface area contributed by atoms with Crippen molar-refractivity contribution in [1.82, 2.24) is 15.2 Å². The molecule has 2 aliphatic heterocycles. The van der Waals surface area contributed by atoms with Gasteiger partial charge in [0.1, 0.15) is 5.82 Å². The van der Waals surface area contributed by atoms with Gasteiger partial charge in [-0.25, -0.2) is 4.39 Å². The van der Waals surface area contributed by atoms with Gasteiger partial charge in [0.15, 0.2) is 0 Å². The van der Waals surface area contributed by atoms with Crippen molar-refractivity contribution in [2.45, 2.75) is 32.1 Å². The minimum atomic E-state index is -4.90. The number of hydrogen-bond acceptors (Lipinski definition) is 5. The van der Waals surface area contributed by atoms with Crippen molar-refractivity contribution in [2.24, 2.45) is 0 Å². The molecule has 1 fully saturated rings. The van der Waals surface area contributed by atoms with E-state index in [1.165, 1.54) is 12.1 Å². The van der Waals surface area contributed by atoms with Crippen LogP contribution in [0, 0.1) is 5.82 Å². The van der Waals surface area contributed by atoms with Gasteiger partial charge in [0, 0.05) is 56.1 Å². The molecule has 11 heteroatoms. The van der Waals surface area contributed by atoms with E-state index in [4.69, 9.17) is 0 Å². The summed E-state index contributed by atoms with van der Waals surface area (Å²) in [4.78, 5) is 30.8. The number of anilines is 2. The average Bonchev–Trinajstić information content (AvgIpc) is 3.32. The first-order valence-electron chi connectivity index (χ1n) is 11.3. The fourth-order valence-electron chi connectivity index (χ4n) is 4.53. The number of nitrogens with zero attached hydrogens (tertiary/aromatic N) is 2. The fraction of sp³-hybridized carbons (Fsp3) is 0.417. The second-order valence-corrected chi connectivity index (χ2v) is 9.05. The Balaban J connectivity index is 1.77. The van der Waals surface area contributed by atoms with Crippen LogP contribution in [0.25, 0.3) is 5.57 Å². The second-order valence-electron chi connectivity index (χ2n) is 9.05. The SMILES string of the molecule is C[C@@H]1CN(c2cc(F)c(C3=CCNC3)cc2NC(=O)c2c[nH]c(=O)cc2C(F)(F)F)C[C@H](C)N1C. The molecule has 3 N–H and O–H groups in total. The number of carbonyl (C=O) groups is 1. The molecule has 0 spiro atoms. The lowest BCUT2D eigenvalue weighted by molar-refractivity contribution is -0.138. The van der Waals surface area contributed by atoms with Crippen molar-refractivity contribution in [3.63, 3.8) is 0 Å². The molecule has 1 aromatic heterocycles. The number of aromatic nitrogens is 1.